The molecule has 1 aliphatic carbocycles. The quantitative estimate of drug-likeness (QED) is 0.773. The van der Waals surface area contributed by atoms with E-state index in [1.165, 1.54) is 0 Å². The highest BCUT2D eigenvalue weighted by atomic mass is 16.4. The fraction of sp³-hybridized carbons (Fsp3) is 0.846. The van der Waals surface area contributed by atoms with Crippen molar-refractivity contribution < 1.29 is 14.7 Å². The molecule has 98 valence electrons. The SMILES string of the molecule is CC(CN(C(=O)C(C)C(C)C)C1CC1)C(=O)O. The molecule has 1 amide bonds. The van der Waals surface area contributed by atoms with E-state index in [2.05, 4.69) is 0 Å². The molecule has 0 spiro atoms. The zero-order valence-electron chi connectivity index (χ0n) is 11.1. The number of aliphatic carboxylic acids is 1. The molecule has 4 nitrogen and oxygen atoms in total. The Kier molecular flexibility index (Phi) is 4.54. The molecule has 2 unspecified atom stereocenters. The van der Waals surface area contributed by atoms with Crippen molar-refractivity contribution in [2.24, 2.45) is 17.8 Å². The van der Waals surface area contributed by atoms with Crippen LogP contribution in [0.3, 0.4) is 0 Å². The summed E-state index contributed by atoms with van der Waals surface area (Å²) in [5.41, 5.74) is 0. The molecule has 0 aromatic heterocycles. The van der Waals surface area contributed by atoms with Crippen molar-refractivity contribution in [2.45, 2.75) is 46.6 Å². The number of nitrogens with zero attached hydrogens (tertiary/aromatic N) is 1. The highest BCUT2D eigenvalue weighted by Gasteiger charge is 2.36. The smallest absolute Gasteiger partial charge is 0.308 e. The number of carboxylic acids is 1. The lowest BCUT2D eigenvalue weighted by Gasteiger charge is -2.28. The maximum Gasteiger partial charge on any atom is 0.308 e. The van der Waals surface area contributed by atoms with Crippen LogP contribution in [0, 0.1) is 17.8 Å². The van der Waals surface area contributed by atoms with Crippen molar-refractivity contribution in [1.82, 2.24) is 4.90 Å². The Labute approximate surface area is 103 Å². The molecule has 0 aliphatic heterocycles. The Bertz CT molecular complexity index is 297. The molecule has 0 saturated heterocycles. The highest BCUT2D eigenvalue weighted by molar-refractivity contribution is 5.80. The summed E-state index contributed by atoms with van der Waals surface area (Å²) in [6.45, 7) is 7.97. The number of hydrogen-bond donors (Lipinski definition) is 1. The van der Waals surface area contributed by atoms with Gasteiger partial charge in [-0.15, -0.1) is 0 Å². The van der Waals surface area contributed by atoms with Gasteiger partial charge in [0, 0.05) is 18.5 Å². The van der Waals surface area contributed by atoms with Gasteiger partial charge in [-0.25, -0.2) is 0 Å². The summed E-state index contributed by atoms with van der Waals surface area (Å²) in [6.07, 6.45) is 2.03. The van der Waals surface area contributed by atoms with E-state index in [0.717, 1.165) is 12.8 Å². The predicted octanol–water partition coefficient (Wildman–Crippen LogP) is 1.99. The maximum absolute atomic E-state index is 12.3. The first-order chi connectivity index (χ1) is 7.84. The number of carbonyl (C=O) groups excluding carboxylic acids is 1. The van der Waals surface area contributed by atoms with Crippen LogP contribution < -0.4 is 0 Å². The molecular formula is C13H23NO3. The van der Waals surface area contributed by atoms with E-state index in [1.54, 1.807) is 11.8 Å². The third-order valence-electron chi connectivity index (χ3n) is 3.55. The molecule has 1 fully saturated rings. The molecule has 17 heavy (non-hydrogen) atoms. The molecule has 0 bridgehead atoms. The topological polar surface area (TPSA) is 57.6 Å². The molecule has 0 radical (unpaired) electrons. The van der Waals surface area contributed by atoms with Crippen LogP contribution in [-0.2, 0) is 9.59 Å². The molecule has 4 heteroatoms. The van der Waals surface area contributed by atoms with Crippen molar-refractivity contribution >= 4 is 11.9 Å². The molecule has 1 rings (SSSR count). The zero-order valence-corrected chi connectivity index (χ0v) is 11.1. The lowest BCUT2D eigenvalue weighted by atomic mass is 9.96. The van der Waals surface area contributed by atoms with E-state index in [-0.39, 0.29) is 17.9 Å². The van der Waals surface area contributed by atoms with Crippen molar-refractivity contribution in [2.75, 3.05) is 6.54 Å². The van der Waals surface area contributed by atoms with Gasteiger partial charge in [-0.1, -0.05) is 27.7 Å². The highest BCUT2D eigenvalue weighted by Crippen LogP contribution is 2.30. The Hall–Kier alpha value is -1.06. The van der Waals surface area contributed by atoms with Gasteiger partial charge >= 0.3 is 5.97 Å². The third kappa shape index (κ3) is 3.72. The molecule has 1 aliphatic rings. The van der Waals surface area contributed by atoms with Gasteiger partial charge in [-0.3, -0.25) is 9.59 Å². The predicted molar refractivity (Wildman–Crippen MR) is 65.5 cm³/mol. The summed E-state index contributed by atoms with van der Waals surface area (Å²) in [7, 11) is 0. The van der Waals surface area contributed by atoms with Crippen molar-refractivity contribution in [3.63, 3.8) is 0 Å². The van der Waals surface area contributed by atoms with Crippen LogP contribution in [0.25, 0.3) is 0 Å². The summed E-state index contributed by atoms with van der Waals surface area (Å²) in [5.74, 6) is -0.948. The van der Waals surface area contributed by atoms with Crippen LogP contribution in [0.4, 0.5) is 0 Å². The van der Waals surface area contributed by atoms with Gasteiger partial charge in [0.15, 0.2) is 0 Å². The van der Waals surface area contributed by atoms with Gasteiger partial charge in [0.25, 0.3) is 0 Å². The molecule has 0 aromatic carbocycles. The third-order valence-corrected chi connectivity index (χ3v) is 3.55. The van der Waals surface area contributed by atoms with Gasteiger partial charge in [-0.05, 0) is 18.8 Å². The van der Waals surface area contributed by atoms with Crippen LogP contribution in [0.2, 0.25) is 0 Å². The summed E-state index contributed by atoms with van der Waals surface area (Å²) in [6, 6.07) is 0.283. The first kappa shape index (κ1) is 14.0. The lowest BCUT2D eigenvalue weighted by Crippen LogP contribution is -2.42. The Morgan fingerprint density at radius 3 is 2.12 bits per heavy atom. The maximum atomic E-state index is 12.3. The van der Waals surface area contributed by atoms with Gasteiger partial charge in [0.05, 0.1) is 5.92 Å². The summed E-state index contributed by atoms with van der Waals surface area (Å²) >= 11 is 0. The van der Waals surface area contributed by atoms with E-state index in [9.17, 15) is 9.59 Å². The van der Waals surface area contributed by atoms with Crippen LogP contribution in [0.5, 0.6) is 0 Å². The normalized spacial score (nSPS) is 18.9. The lowest BCUT2D eigenvalue weighted by molar-refractivity contribution is -0.144. The summed E-state index contributed by atoms with van der Waals surface area (Å²) in [4.78, 5) is 24.9. The molecular weight excluding hydrogens is 218 g/mol. The van der Waals surface area contributed by atoms with Gasteiger partial charge < -0.3 is 10.0 Å². The Balaban J connectivity index is 2.65. The minimum absolute atomic E-state index is 0.0309. The molecule has 1 N–H and O–H groups in total. The van der Waals surface area contributed by atoms with E-state index >= 15 is 0 Å². The number of carboxylic acid groups (broad SMARTS) is 1. The number of amides is 1. The van der Waals surface area contributed by atoms with Crippen molar-refractivity contribution in [3.05, 3.63) is 0 Å². The minimum Gasteiger partial charge on any atom is -0.481 e. The van der Waals surface area contributed by atoms with Crippen LogP contribution in [-0.4, -0.2) is 34.5 Å². The minimum atomic E-state index is -0.833. The second kappa shape index (κ2) is 5.52. The first-order valence-electron chi connectivity index (χ1n) is 6.37. The van der Waals surface area contributed by atoms with E-state index in [4.69, 9.17) is 5.11 Å². The average Bonchev–Trinajstić information content (AvgIpc) is 3.06. The largest absolute Gasteiger partial charge is 0.481 e. The van der Waals surface area contributed by atoms with Crippen LogP contribution in [0.1, 0.15) is 40.5 Å². The summed E-state index contributed by atoms with van der Waals surface area (Å²) < 4.78 is 0. The first-order valence-corrected chi connectivity index (χ1v) is 6.37. The Morgan fingerprint density at radius 2 is 1.76 bits per heavy atom. The number of carbonyl (C=O) groups is 2. The van der Waals surface area contributed by atoms with Crippen LogP contribution in [0.15, 0.2) is 0 Å². The number of hydrogen-bond acceptors (Lipinski definition) is 2. The van der Waals surface area contributed by atoms with Gasteiger partial charge in [0.2, 0.25) is 5.91 Å². The van der Waals surface area contributed by atoms with Crippen molar-refractivity contribution in [1.29, 1.82) is 0 Å². The zero-order chi connectivity index (χ0) is 13.2. The van der Waals surface area contributed by atoms with E-state index in [0.29, 0.717) is 12.5 Å². The van der Waals surface area contributed by atoms with E-state index < -0.39 is 11.9 Å². The fourth-order valence-corrected chi connectivity index (χ4v) is 1.73. The second-order valence-electron chi connectivity index (χ2n) is 5.49. The van der Waals surface area contributed by atoms with Crippen LogP contribution >= 0.6 is 0 Å². The molecule has 0 aromatic rings. The molecule has 2 atom stereocenters. The standard InChI is InChI=1S/C13H23NO3/c1-8(2)10(4)12(15)14(11-5-6-11)7-9(3)13(16)17/h8-11H,5-7H2,1-4H3,(H,16,17). The second-order valence-corrected chi connectivity index (χ2v) is 5.49. The monoisotopic (exact) mass is 241 g/mol. The molecule has 0 heterocycles. The Morgan fingerprint density at radius 1 is 1.24 bits per heavy atom. The average molecular weight is 241 g/mol. The fourth-order valence-electron chi connectivity index (χ4n) is 1.73. The van der Waals surface area contributed by atoms with Gasteiger partial charge in [-0.2, -0.15) is 0 Å². The molecule has 1 saturated carbocycles. The van der Waals surface area contributed by atoms with Gasteiger partial charge in [0.1, 0.15) is 0 Å². The summed E-state index contributed by atoms with van der Waals surface area (Å²) in [5, 5.41) is 8.92. The number of rotatable bonds is 6. The van der Waals surface area contributed by atoms with Crippen molar-refractivity contribution in [3.8, 4) is 0 Å². The van der Waals surface area contributed by atoms with E-state index in [1.807, 2.05) is 20.8 Å².